The zero-order valence-corrected chi connectivity index (χ0v) is 13.7. The number of anilines is 1. The van der Waals surface area contributed by atoms with Gasteiger partial charge in [-0.3, -0.25) is 4.68 Å². The van der Waals surface area contributed by atoms with E-state index in [1.54, 1.807) is 6.20 Å². The SMILES string of the molecule is CC(NCc1cnc(N2CCOCC2)nc1)C(C)n1cccn1. The molecule has 23 heavy (non-hydrogen) atoms. The molecule has 2 aromatic heterocycles. The van der Waals surface area contributed by atoms with E-state index in [2.05, 4.69) is 39.1 Å². The van der Waals surface area contributed by atoms with Crippen molar-refractivity contribution >= 4 is 5.95 Å². The Morgan fingerprint density at radius 3 is 2.61 bits per heavy atom. The first-order valence-corrected chi connectivity index (χ1v) is 8.10. The second kappa shape index (κ2) is 7.52. The summed E-state index contributed by atoms with van der Waals surface area (Å²) >= 11 is 0. The first-order chi connectivity index (χ1) is 11.2. The molecule has 7 heteroatoms. The minimum absolute atomic E-state index is 0.290. The Morgan fingerprint density at radius 2 is 1.96 bits per heavy atom. The van der Waals surface area contributed by atoms with E-state index >= 15 is 0 Å². The molecule has 0 amide bonds. The number of ether oxygens (including phenoxy) is 1. The number of nitrogens with one attached hydrogen (secondary N) is 1. The van der Waals surface area contributed by atoms with Gasteiger partial charge in [-0.25, -0.2) is 9.97 Å². The number of rotatable bonds is 6. The second-order valence-corrected chi connectivity index (χ2v) is 5.89. The minimum Gasteiger partial charge on any atom is -0.378 e. The lowest BCUT2D eigenvalue weighted by molar-refractivity contribution is 0.122. The first-order valence-electron chi connectivity index (χ1n) is 8.10. The molecule has 1 saturated heterocycles. The highest BCUT2D eigenvalue weighted by molar-refractivity contribution is 5.30. The summed E-state index contributed by atoms with van der Waals surface area (Å²) in [5.41, 5.74) is 1.08. The number of aromatic nitrogens is 4. The lowest BCUT2D eigenvalue weighted by Gasteiger charge is -2.26. The van der Waals surface area contributed by atoms with Gasteiger partial charge < -0.3 is 15.0 Å². The summed E-state index contributed by atoms with van der Waals surface area (Å²) in [7, 11) is 0. The van der Waals surface area contributed by atoms with Crippen LogP contribution in [0, 0.1) is 0 Å². The minimum atomic E-state index is 0.290. The average molecular weight is 316 g/mol. The molecule has 0 aliphatic carbocycles. The Kier molecular flexibility index (Phi) is 5.19. The van der Waals surface area contributed by atoms with E-state index in [4.69, 9.17) is 4.74 Å². The zero-order chi connectivity index (χ0) is 16.1. The lowest BCUT2D eigenvalue weighted by atomic mass is 10.1. The van der Waals surface area contributed by atoms with Gasteiger partial charge in [0, 0.05) is 56.0 Å². The van der Waals surface area contributed by atoms with Crippen LogP contribution in [0.3, 0.4) is 0 Å². The average Bonchev–Trinajstić information content (AvgIpc) is 3.15. The van der Waals surface area contributed by atoms with E-state index in [1.165, 1.54) is 0 Å². The molecule has 3 heterocycles. The van der Waals surface area contributed by atoms with Gasteiger partial charge in [0.15, 0.2) is 0 Å². The molecule has 1 aliphatic rings. The number of nitrogens with zero attached hydrogens (tertiary/aromatic N) is 5. The van der Waals surface area contributed by atoms with E-state index in [0.29, 0.717) is 12.1 Å². The molecule has 2 atom stereocenters. The van der Waals surface area contributed by atoms with Crippen LogP contribution < -0.4 is 10.2 Å². The van der Waals surface area contributed by atoms with Crippen LogP contribution >= 0.6 is 0 Å². The largest absolute Gasteiger partial charge is 0.378 e. The lowest BCUT2D eigenvalue weighted by Crippen LogP contribution is -2.37. The fourth-order valence-electron chi connectivity index (χ4n) is 2.57. The maximum atomic E-state index is 5.35. The van der Waals surface area contributed by atoms with Crippen molar-refractivity contribution in [2.45, 2.75) is 32.5 Å². The van der Waals surface area contributed by atoms with Crippen molar-refractivity contribution in [3.8, 4) is 0 Å². The van der Waals surface area contributed by atoms with Crippen molar-refractivity contribution in [3.05, 3.63) is 36.4 Å². The van der Waals surface area contributed by atoms with Gasteiger partial charge in [-0.15, -0.1) is 0 Å². The third-order valence-electron chi connectivity index (χ3n) is 4.28. The van der Waals surface area contributed by atoms with Gasteiger partial charge in [0.25, 0.3) is 0 Å². The van der Waals surface area contributed by atoms with Gasteiger partial charge in [-0.05, 0) is 19.9 Å². The summed E-state index contributed by atoms with van der Waals surface area (Å²) in [6.07, 6.45) is 7.59. The highest BCUT2D eigenvalue weighted by Crippen LogP contribution is 2.11. The quantitative estimate of drug-likeness (QED) is 0.865. The van der Waals surface area contributed by atoms with Crippen molar-refractivity contribution in [2.24, 2.45) is 0 Å². The summed E-state index contributed by atoms with van der Waals surface area (Å²) in [5.74, 6) is 0.787. The van der Waals surface area contributed by atoms with Crippen LogP contribution in [0.2, 0.25) is 0 Å². The van der Waals surface area contributed by atoms with Crippen LogP contribution in [-0.2, 0) is 11.3 Å². The molecule has 1 aliphatic heterocycles. The predicted octanol–water partition coefficient (Wildman–Crippen LogP) is 1.25. The van der Waals surface area contributed by atoms with Crippen molar-refractivity contribution in [1.82, 2.24) is 25.1 Å². The molecule has 0 radical (unpaired) electrons. The maximum Gasteiger partial charge on any atom is 0.225 e. The Bertz CT molecular complexity index is 579. The van der Waals surface area contributed by atoms with Crippen molar-refractivity contribution in [1.29, 1.82) is 0 Å². The molecule has 1 N–H and O–H groups in total. The smallest absolute Gasteiger partial charge is 0.225 e. The van der Waals surface area contributed by atoms with E-state index in [0.717, 1.165) is 44.4 Å². The Balaban J connectivity index is 1.52. The molecule has 0 aromatic carbocycles. The Morgan fingerprint density at radius 1 is 1.22 bits per heavy atom. The van der Waals surface area contributed by atoms with Crippen molar-refractivity contribution < 1.29 is 4.74 Å². The predicted molar refractivity (Wildman–Crippen MR) is 88.3 cm³/mol. The molecule has 2 aromatic rings. The highest BCUT2D eigenvalue weighted by Gasteiger charge is 2.15. The van der Waals surface area contributed by atoms with Crippen LogP contribution in [0.1, 0.15) is 25.5 Å². The molecule has 2 unspecified atom stereocenters. The molecule has 0 spiro atoms. The van der Waals surface area contributed by atoms with Gasteiger partial charge in [-0.1, -0.05) is 0 Å². The zero-order valence-electron chi connectivity index (χ0n) is 13.7. The molecule has 0 bridgehead atoms. The summed E-state index contributed by atoms with van der Waals surface area (Å²) in [4.78, 5) is 11.1. The molecule has 3 rings (SSSR count). The summed E-state index contributed by atoms with van der Waals surface area (Å²) in [5, 5.41) is 7.80. The van der Waals surface area contributed by atoms with Crippen molar-refractivity contribution in [3.63, 3.8) is 0 Å². The normalized spacial score (nSPS) is 17.9. The molecular weight excluding hydrogens is 292 g/mol. The molecule has 124 valence electrons. The summed E-state index contributed by atoms with van der Waals surface area (Å²) < 4.78 is 7.32. The second-order valence-electron chi connectivity index (χ2n) is 5.89. The molecule has 1 fully saturated rings. The monoisotopic (exact) mass is 316 g/mol. The van der Waals surface area contributed by atoms with E-state index in [9.17, 15) is 0 Å². The Hall–Kier alpha value is -1.99. The maximum absolute atomic E-state index is 5.35. The van der Waals surface area contributed by atoms with Crippen LogP contribution in [0.15, 0.2) is 30.9 Å². The standard InChI is InChI=1S/C16H24N6O/c1-13(14(2)22-5-3-4-20-22)17-10-15-11-18-16(19-12-15)21-6-8-23-9-7-21/h3-5,11-14,17H,6-10H2,1-2H3. The summed E-state index contributed by atoms with van der Waals surface area (Å²) in [6.45, 7) is 8.27. The van der Waals surface area contributed by atoms with E-state index in [1.807, 2.05) is 29.3 Å². The third kappa shape index (κ3) is 4.05. The van der Waals surface area contributed by atoms with Gasteiger partial charge in [-0.2, -0.15) is 5.10 Å². The van der Waals surface area contributed by atoms with Gasteiger partial charge >= 0.3 is 0 Å². The topological polar surface area (TPSA) is 68.1 Å². The van der Waals surface area contributed by atoms with E-state index in [-0.39, 0.29) is 0 Å². The third-order valence-corrected chi connectivity index (χ3v) is 4.28. The number of morpholine rings is 1. The van der Waals surface area contributed by atoms with Crippen LogP contribution in [0.5, 0.6) is 0 Å². The van der Waals surface area contributed by atoms with E-state index < -0.39 is 0 Å². The summed E-state index contributed by atoms with van der Waals surface area (Å²) in [6, 6.07) is 2.54. The fourth-order valence-corrected chi connectivity index (χ4v) is 2.57. The van der Waals surface area contributed by atoms with Crippen LogP contribution in [0.4, 0.5) is 5.95 Å². The van der Waals surface area contributed by atoms with Gasteiger partial charge in [0.05, 0.1) is 19.3 Å². The fraction of sp³-hybridized carbons (Fsp3) is 0.562. The van der Waals surface area contributed by atoms with Gasteiger partial charge in [0.2, 0.25) is 5.95 Å². The van der Waals surface area contributed by atoms with Crippen LogP contribution in [0.25, 0.3) is 0 Å². The Labute approximate surface area is 136 Å². The molecule has 0 saturated carbocycles. The first kappa shape index (κ1) is 15.9. The number of hydrogen-bond acceptors (Lipinski definition) is 6. The number of hydrogen-bond donors (Lipinski definition) is 1. The molecular formula is C16H24N6O. The van der Waals surface area contributed by atoms with Crippen molar-refractivity contribution in [2.75, 3.05) is 31.2 Å². The molecule has 7 nitrogen and oxygen atoms in total. The van der Waals surface area contributed by atoms with Crippen LogP contribution in [-0.4, -0.2) is 52.1 Å². The van der Waals surface area contributed by atoms with Gasteiger partial charge in [0.1, 0.15) is 0 Å². The highest BCUT2D eigenvalue weighted by atomic mass is 16.5.